The molecule has 1 N–H and O–H groups in total. The molecule has 2 nitrogen and oxygen atoms in total. The zero-order valence-corrected chi connectivity index (χ0v) is 10.4. The van der Waals surface area contributed by atoms with Crippen LogP contribution in [0.1, 0.15) is 34.8 Å². The van der Waals surface area contributed by atoms with E-state index in [0.717, 1.165) is 23.1 Å². The summed E-state index contributed by atoms with van der Waals surface area (Å²) in [4.78, 5) is 11.5. The number of ketones is 1. The molecule has 0 unspecified atom stereocenters. The van der Waals surface area contributed by atoms with E-state index in [-0.39, 0.29) is 11.5 Å². The molecule has 0 fully saturated rings. The second-order valence-electron chi connectivity index (χ2n) is 4.32. The van der Waals surface area contributed by atoms with E-state index in [1.165, 1.54) is 0 Å². The van der Waals surface area contributed by atoms with Crippen molar-refractivity contribution in [2.45, 2.75) is 19.8 Å². The van der Waals surface area contributed by atoms with Gasteiger partial charge in [0.15, 0.2) is 5.78 Å². The van der Waals surface area contributed by atoms with E-state index in [4.69, 9.17) is 0 Å². The van der Waals surface area contributed by atoms with Crippen LogP contribution in [0, 0.1) is 0 Å². The number of phenolic OH excluding ortho intramolecular Hbond substituents is 1. The van der Waals surface area contributed by atoms with Gasteiger partial charge in [0.1, 0.15) is 5.75 Å². The maximum Gasteiger partial charge on any atom is 0.162 e. The van der Waals surface area contributed by atoms with Crippen LogP contribution in [0.3, 0.4) is 0 Å². The third-order valence-corrected chi connectivity index (χ3v) is 2.92. The molecule has 0 heterocycles. The van der Waals surface area contributed by atoms with Crippen LogP contribution in [0.4, 0.5) is 0 Å². The van der Waals surface area contributed by atoms with Gasteiger partial charge in [-0.3, -0.25) is 4.79 Å². The fraction of sp³-hybridized carbons (Fsp3) is 0.188. The van der Waals surface area contributed by atoms with Crippen molar-refractivity contribution in [1.82, 2.24) is 0 Å². The third-order valence-electron chi connectivity index (χ3n) is 2.92. The quantitative estimate of drug-likeness (QED) is 0.829. The smallest absolute Gasteiger partial charge is 0.162 e. The lowest BCUT2D eigenvalue weighted by atomic mass is 10.0. The van der Waals surface area contributed by atoms with Crippen LogP contribution in [0.5, 0.6) is 5.75 Å². The number of carbonyl (C=O) groups excluding carboxylic acids is 1. The second kappa shape index (κ2) is 5.50. The molecule has 2 heteroatoms. The van der Waals surface area contributed by atoms with Crippen LogP contribution in [-0.4, -0.2) is 10.9 Å². The van der Waals surface area contributed by atoms with Crippen LogP contribution in [0.2, 0.25) is 0 Å². The van der Waals surface area contributed by atoms with Gasteiger partial charge in [-0.15, -0.1) is 0 Å². The van der Waals surface area contributed by atoms with E-state index < -0.39 is 0 Å². The zero-order valence-electron chi connectivity index (χ0n) is 10.4. The van der Waals surface area contributed by atoms with Gasteiger partial charge in [-0.05, 0) is 29.7 Å². The monoisotopic (exact) mass is 240 g/mol. The summed E-state index contributed by atoms with van der Waals surface area (Å²) in [5.74, 6) is 0.448. The molecular formula is C16H16O2. The molecule has 0 radical (unpaired) electrons. The maximum atomic E-state index is 11.5. The molecule has 2 aromatic carbocycles. The van der Waals surface area contributed by atoms with E-state index in [2.05, 4.69) is 0 Å². The molecule has 0 aliphatic heterocycles. The van der Waals surface area contributed by atoms with Gasteiger partial charge in [0, 0.05) is 12.0 Å². The number of aromatic hydroxyl groups is 1. The van der Waals surface area contributed by atoms with Crippen molar-refractivity contribution in [3.63, 3.8) is 0 Å². The molecule has 2 aromatic rings. The molecule has 92 valence electrons. The lowest BCUT2D eigenvalue weighted by Gasteiger charge is -2.04. The van der Waals surface area contributed by atoms with Gasteiger partial charge in [0.25, 0.3) is 0 Å². The Morgan fingerprint density at radius 3 is 2.39 bits per heavy atom. The first kappa shape index (κ1) is 12.4. The SMILES string of the molecule is CCC(=O)c1ccc(Cc2cccc(O)c2)cc1. The summed E-state index contributed by atoms with van der Waals surface area (Å²) >= 11 is 0. The van der Waals surface area contributed by atoms with Gasteiger partial charge in [0.2, 0.25) is 0 Å². The molecule has 2 rings (SSSR count). The molecule has 0 aliphatic carbocycles. The third kappa shape index (κ3) is 2.98. The lowest BCUT2D eigenvalue weighted by molar-refractivity contribution is 0.0988. The van der Waals surface area contributed by atoms with Crippen LogP contribution < -0.4 is 0 Å². The Hall–Kier alpha value is -2.09. The fourth-order valence-electron chi connectivity index (χ4n) is 1.91. The lowest BCUT2D eigenvalue weighted by Crippen LogP contribution is -1.96. The minimum absolute atomic E-state index is 0.166. The summed E-state index contributed by atoms with van der Waals surface area (Å²) < 4.78 is 0. The Kier molecular flexibility index (Phi) is 3.78. The summed E-state index contributed by atoms with van der Waals surface area (Å²) in [7, 11) is 0. The van der Waals surface area contributed by atoms with E-state index in [9.17, 15) is 9.90 Å². The molecule has 0 atom stereocenters. The van der Waals surface area contributed by atoms with Crippen molar-refractivity contribution >= 4 is 5.78 Å². The van der Waals surface area contributed by atoms with Gasteiger partial charge >= 0.3 is 0 Å². The standard InChI is InChI=1S/C16H16O2/c1-2-16(18)14-8-6-12(7-9-14)10-13-4-3-5-15(17)11-13/h3-9,11,17H,2,10H2,1H3. The average Bonchev–Trinajstić information content (AvgIpc) is 2.39. The maximum absolute atomic E-state index is 11.5. The molecule has 0 saturated heterocycles. The Balaban J connectivity index is 2.13. The van der Waals surface area contributed by atoms with Crippen LogP contribution >= 0.6 is 0 Å². The molecule has 18 heavy (non-hydrogen) atoms. The summed E-state index contributed by atoms with van der Waals surface area (Å²) in [6, 6.07) is 14.9. The topological polar surface area (TPSA) is 37.3 Å². The number of rotatable bonds is 4. The Bertz CT molecular complexity index is 541. The van der Waals surface area contributed by atoms with Crippen molar-refractivity contribution in [1.29, 1.82) is 0 Å². The normalized spacial score (nSPS) is 10.3. The predicted molar refractivity (Wildman–Crippen MR) is 72.0 cm³/mol. The van der Waals surface area contributed by atoms with E-state index in [1.807, 2.05) is 43.3 Å². The molecular weight excluding hydrogens is 224 g/mol. The van der Waals surface area contributed by atoms with Crippen molar-refractivity contribution in [3.8, 4) is 5.75 Å². The second-order valence-corrected chi connectivity index (χ2v) is 4.32. The fourth-order valence-corrected chi connectivity index (χ4v) is 1.91. The Morgan fingerprint density at radius 1 is 1.06 bits per heavy atom. The number of Topliss-reactive ketones (excluding diaryl/α,β-unsaturated/α-hetero) is 1. The molecule has 0 bridgehead atoms. The summed E-state index contributed by atoms with van der Waals surface area (Å²) in [6.45, 7) is 1.86. The highest BCUT2D eigenvalue weighted by molar-refractivity contribution is 5.95. The van der Waals surface area contributed by atoms with E-state index >= 15 is 0 Å². The average molecular weight is 240 g/mol. The van der Waals surface area contributed by atoms with E-state index in [1.54, 1.807) is 12.1 Å². The highest BCUT2D eigenvalue weighted by Crippen LogP contribution is 2.16. The Morgan fingerprint density at radius 2 is 1.78 bits per heavy atom. The first-order valence-corrected chi connectivity index (χ1v) is 6.09. The zero-order chi connectivity index (χ0) is 13.0. The van der Waals surface area contributed by atoms with Gasteiger partial charge in [-0.2, -0.15) is 0 Å². The van der Waals surface area contributed by atoms with Crippen molar-refractivity contribution < 1.29 is 9.90 Å². The summed E-state index contributed by atoms with van der Waals surface area (Å²) in [5, 5.41) is 9.40. The Labute approximate surface area is 107 Å². The first-order valence-electron chi connectivity index (χ1n) is 6.09. The number of carbonyl (C=O) groups is 1. The predicted octanol–water partition coefficient (Wildman–Crippen LogP) is 3.58. The number of benzene rings is 2. The number of phenols is 1. The highest BCUT2D eigenvalue weighted by Gasteiger charge is 2.03. The highest BCUT2D eigenvalue weighted by atomic mass is 16.3. The van der Waals surface area contributed by atoms with Gasteiger partial charge in [-0.1, -0.05) is 43.3 Å². The van der Waals surface area contributed by atoms with Gasteiger partial charge in [-0.25, -0.2) is 0 Å². The molecule has 0 spiro atoms. The molecule has 0 aliphatic rings. The molecule has 0 aromatic heterocycles. The molecule has 0 saturated carbocycles. The van der Waals surface area contributed by atoms with Crippen LogP contribution in [0.25, 0.3) is 0 Å². The largest absolute Gasteiger partial charge is 0.508 e. The van der Waals surface area contributed by atoms with Crippen molar-refractivity contribution in [2.24, 2.45) is 0 Å². The van der Waals surface area contributed by atoms with Gasteiger partial charge < -0.3 is 5.11 Å². The van der Waals surface area contributed by atoms with Gasteiger partial charge in [0.05, 0.1) is 0 Å². The summed E-state index contributed by atoms with van der Waals surface area (Å²) in [6.07, 6.45) is 1.29. The van der Waals surface area contributed by atoms with E-state index in [0.29, 0.717) is 6.42 Å². The number of hydrogen-bond acceptors (Lipinski definition) is 2. The number of hydrogen-bond donors (Lipinski definition) is 1. The molecule has 0 amide bonds. The minimum Gasteiger partial charge on any atom is -0.508 e. The minimum atomic E-state index is 0.166. The van der Waals surface area contributed by atoms with Crippen LogP contribution in [-0.2, 0) is 6.42 Å². The van der Waals surface area contributed by atoms with Crippen molar-refractivity contribution in [2.75, 3.05) is 0 Å². The summed E-state index contributed by atoms with van der Waals surface area (Å²) in [5.41, 5.74) is 2.95. The van der Waals surface area contributed by atoms with Crippen LogP contribution in [0.15, 0.2) is 48.5 Å². The van der Waals surface area contributed by atoms with Crippen molar-refractivity contribution in [3.05, 3.63) is 65.2 Å². The first-order chi connectivity index (χ1) is 8.69.